The summed E-state index contributed by atoms with van der Waals surface area (Å²) < 4.78 is 27.2. The van der Waals surface area contributed by atoms with E-state index in [2.05, 4.69) is 0 Å². The summed E-state index contributed by atoms with van der Waals surface area (Å²) in [5, 5.41) is 8.63. The maximum absolute atomic E-state index is 12.8. The van der Waals surface area contributed by atoms with E-state index in [4.69, 9.17) is 5.26 Å². The van der Waals surface area contributed by atoms with Gasteiger partial charge in [-0.2, -0.15) is 9.57 Å². The van der Waals surface area contributed by atoms with Crippen molar-refractivity contribution >= 4 is 21.8 Å². The van der Waals surface area contributed by atoms with Crippen molar-refractivity contribution in [2.75, 3.05) is 12.3 Å². The van der Waals surface area contributed by atoms with Gasteiger partial charge in [0.15, 0.2) is 0 Å². The van der Waals surface area contributed by atoms with Crippen molar-refractivity contribution in [3.05, 3.63) is 65.7 Å². The summed E-state index contributed by atoms with van der Waals surface area (Å²) in [5.41, 5.74) is 1.44. The largest absolute Gasteiger partial charge is 0.244 e. The first-order chi connectivity index (χ1) is 10.6. The minimum atomic E-state index is -3.56. The lowest BCUT2D eigenvalue weighted by molar-refractivity contribution is 0.434. The molecule has 0 aliphatic carbocycles. The minimum absolute atomic E-state index is 0.193. The fourth-order valence-electron chi connectivity index (χ4n) is 2.42. The van der Waals surface area contributed by atoms with Crippen LogP contribution >= 0.6 is 11.8 Å². The molecule has 1 heterocycles. The Balaban J connectivity index is 1.95. The molecule has 1 aliphatic rings. The number of hydrogen-bond acceptors (Lipinski definition) is 4. The standard InChI is InChI=1S/C16H14N2O2S2/c17-12-13-6-8-15(9-7-13)22(19,20)18-10-11-21-16(18)14-4-2-1-3-5-14/h1-9,16H,10-11H2. The quantitative estimate of drug-likeness (QED) is 0.868. The molecule has 4 nitrogen and oxygen atoms in total. The zero-order valence-corrected chi connectivity index (χ0v) is 13.3. The third-order valence-electron chi connectivity index (χ3n) is 3.52. The van der Waals surface area contributed by atoms with Crippen molar-refractivity contribution in [1.82, 2.24) is 4.31 Å². The highest BCUT2D eigenvalue weighted by molar-refractivity contribution is 8.01. The van der Waals surface area contributed by atoms with E-state index in [0.717, 1.165) is 11.3 Å². The van der Waals surface area contributed by atoms with Gasteiger partial charge in [0.1, 0.15) is 0 Å². The highest BCUT2D eigenvalue weighted by atomic mass is 32.2. The molecule has 22 heavy (non-hydrogen) atoms. The fraction of sp³-hybridized carbons (Fsp3) is 0.188. The van der Waals surface area contributed by atoms with Crippen LogP contribution in [0.3, 0.4) is 0 Å². The van der Waals surface area contributed by atoms with Crippen molar-refractivity contribution in [3.63, 3.8) is 0 Å². The molecule has 6 heteroatoms. The van der Waals surface area contributed by atoms with Crippen molar-refractivity contribution in [2.24, 2.45) is 0 Å². The molecular formula is C16H14N2O2S2. The topological polar surface area (TPSA) is 61.2 Å². The van der Waals surface area contributed by atoms with Crippen LogP contribution in [0, 0.1) is 11.3 Å². The number of nitriles is 1. The van der Waals surface area contributed by atoms with Crippen LogP contribution in [0.1, 0.15) is 16.5 Å². The van der Waals surface area contributed by atoms with Gasteiger partial charge in [-0.15, -0.1) is 11.8 Å². The fourth-order valence-corrected chi connectivity index (χ4v) is 5.66. The number of nitrogens with zero attached hydrogens (tertiary/aromatic N) is 2. The molecule has 2 aromatic carbocycles. The Kier molecular flexibility index (Phi) is 4.21. The minimum Gasteiger partial charge on any atom is -0.207 e. The van der Waals surface area contributed by atoms with E-state index in [1.807, 2.05) is 36.4 Å². The molecule has 2 aromatic rings. The van der Waals surface area contributed by atoms with Crippen molar-refractivity contribution in [3.8, 4) is 6.07 Å². The van der Waals surface area contributed by atoms with Crippen LogP contribution in [0.5, 0.6) is 0 Å². The molecule has 1 fully saturated rings. The maximum atomic E-state index is 12.8. The first kappa shape index (κ1) is 15.1. The summed E-state index contributed by atoms with van der Waals surface area (Å²) in [7, 11) is -3.56. The SMILES string of the molecule is N#Cc1ccc(S(=O)(=O)N2CCSC2c2ccccc2)cc1. The highest BCUT2D eigenvalue weighted by Gasteiger charge is 2.36. The van der Waals surface area contributed by atoms with Gasteiger partial charge in [-0.25, -0.2) is 8.42 Å². The van der Waals surface area contributed by atoms with Crippen LogP contribution in [-0.4, -0.2) is 25.0 Å². The smallest absolute Gasteiger partial charge is 0.207 e. The van der Waals surface area contributed by atoms with Gasteiger partial charge >= 0.3 is 0 Å². The molecule has 0 radical (unpaired) electrons. The zero-order valence-electron chi connectivity index (χ0n) is 11.7. The predicted octanol–water partition coefficient (Wildman–Crippen LogP) is 2.99. The van der Waals surface area contributed by atoms with E-state index < -0.39 is 10.0 Å². The van der Waals surface area contributed by atoms with E-state index in [1.54, 1.807) is 11.8 Å². The van der Waals surface area contributed by atoms with Crippen LogP contribution in [-0.2, 0) is 10.0 Å². The normalized spacial score (nSPS) is 19.0. The number of thioether (sulfide) groups is 1. The molecule has 1 atom stereocenters. The second-order valence-corrected chi connectivity index (χ2v) is 7.96. The Hall–Kier alpha value is -1.81. The molecule has 0 amide bonds. The average molecular weight is 330 g/mol. The molecule has 0 bridgehead atoms. The lowest BCUT2D eigenvalue weighted by Gasteiger charge is -2.23. The molecule has 1 saturated heterocycles. The van der Waals surface area contributed by atoms with E-state index in [0.29, 0.717) is 12.1 Å². The van der Waals surface area contributed by atoms with Gasteiger partial charge in [0.05, 0.1) is 21.9 Å². The molecule has 1 unspecified atom stereocenters. The molecule has 0 saturated carbocycles. The molecular weight excluding hydrogens is 316 g/mol. The van der Waals surface area contributed by atoms with Gasteiger partial charge in [0.25, 0.3) is 0 Å². The first-order valence-corrected chi connectivity index (χ1v) is 9.30. The van der Waals surface area contributed by atoms with Gasteiger partial charge in [0.2, 0.25) is 10.0 Å². The first-order valence-electron chi connectivity index (χ1n) is 6.81. The number of sulfonamides is 1. The maximum Gasteiger partial charge on any atom is 0.244 e. The van der Waals surface area contributed by atoms with Gasteiger partial charge < -0.3 is 0 Å². The van der Waals surface area contributed by atoms with E-state index >= 15 is 0 Å². The predicted molar refractivity (Wildman–Crippen MR) is 86.7 cm³/mol. The third kappa shape index (κ3) is 2.75. The molecule has 0 aromatic heterocycles. The van der Waals surface area contributed by atoms with Crippen LogP contribution in [0.25, 0.3) is 0 Å². The van der Waals surface area contributed by atoms with E-state index in [9.17, 15) is 8.42 Å². The summed E-state index contributed by atoms with van der Waals surface area (Å²) in [6.07, 6.45) is 0. The Labute approximate surface area is 134 Å². The Bertz CT molecular complexity index is 796. The number of benzene rings is 2. The van der Waals surface area contributed by atoms with Crippen LogP contribution in [0.2, 0.25) is 0 Å². The Morgan fingerprint density at radius 3 is 2.41 bits per heavy atom. The van der Waals surface area contributed by atoms with E-state index in [-0.39, 0.29) is 10.3 Å². The van der Waals surface area contributed by atoms with Gasteiger partial charge in [-0.1, -0.05) is 30.3 Å². The Morgan fingerprint density at radius 1 is 1.09 bits per heavy atom. The molecule has 3 rings (SSSR count). The zero-order chi connectivity index (χ0) is 15.6. The average Bonchev–Trinajstić information content (AvgIpc) is 3.06. The second-order valence-electron chi connectivity index (χ2n) is 4.89. The summed E-state index contributed by atoms with van der Waals surface area (Å²) in [4.78, 5) is 0.231. The summed E-state index contributed by atoms with van der Waals surface area (Å²) in [5.74, 6) is 0.773. The second kappa shape index (κ2) is 6.13. The van der Waals surface area contributed by atoms with Crippen LogP contribution in [0.15, 0.2) is 59.5 Å². The van der Waals surface area contributed by atoms with Crippen molar-refractivity contribution in [2.45, 2.75) is 10.3 Å². The van der Waals surface area contributed by atoms with E-state index in [1.165, 1.54) is 28.6 Å². The molecule has 0 spiro atoms. The third-order valence-corrected chi connectivity index (χ3v) is 6.80. The molecule has 0 N–H and O–H groups in total. The van der Waals surface area contributed by atoms with Crippen LogP contribution in [0.4, 0.5) is 0 Å². The van der Waals surface area contributed by atoms with Gasteiger partial charge in [-0.3, -0.25) is 0 Å². The Morgan fingerprint density at radius 2 is 1.77 bits per heavy atom. The van der Waals surface area contributed by atoms with Gasteiger partial charge in [0, 0.05) is 12.3 Å². The lowest BCUT2D eigenvalue weighted by atomic mass is 10.2. The number of rotatable bonds is 3. The lowest BCUT2D eigenvalue weighted by Crippen LogP contribution is -2.30. The van der Waals surface area contributed by atoms with Crippen LogP contribution < -0.4 is 0 Å². The molecule has 112 valence electrons. The molecule has 1 aliphatic heterocycles. The monoisotopic (exact) mass is 330 g/mol. The summed E-state index contributed by atoms with van der Waals surface area (Å²) in [6, 6.07) is 17.7. The van der Waals surface area contributed by atoms with Crippen molar-refractivity contribution < 1.29 is 8.42 Å². The van der Waals surface area contributed by atoms with Gasteiger partial charge in [-0.05, 0) is 29.8 Å². The summed E-state index contributed by atoms with van der Waals surface area (Å²) in [6.45, 7) is 0.493. The number of hydrogen-bond donors (Lipinski definition) is 0. The van der Waals surface area contributed by atoms with Crippen molar-refractivity contribution in [1.29, 1.82) is 5.26 Å². The summed E-state index contributed by atoms with van der Waals surface area (Å²) >= 11 is 1.63. The highest BCUT2D eigenvalue weighted by Crippen LogP contribution is 2.41.